The zero-order valence-corrected chi connectivity index (χ0v) is 14.6. The number of amides is 1. The van der Waals surface area contributed by atoms with E-state index in [0.29, 0.717) is 12.0 Å². The van der Waals surface area contributed by atoms with Crippen LogP contribution >= 0.6 is 0 Å². The average molecular weight is 372 g/mol. The summed E-state index contributed by atoms with van der Waals surface area (Å²) in [7, 11) is 1.25. The van der Waals surface area contributed by atoms with Crippen LogP contribution in [0.5, 0.6) is 5.75 Å². The first-order chi connectivity index (χ1) is 12.8. The van der Waals surface area contributed by atoms with Gasteiger partial charge in [-0.05, 0) is 30.7 Å². The molecule has 0 heterocycles. The van der Waals surface area contributed by atoms with E-state index in [0.717, 1.165) is 11.6 Å². The van der Waals surface area contributed by atoms with E-state index in [1.807, 2.05) is 0 Å². The van der Waals surface area contributed by atoms with Crippen molar-refractivity contribution >= 4 is 29.5 Å². The number of methoxy groups -OCH3 is 1. The molecule has 0 atom stereocenters. The fraction of sp³-hybridized carbons (Fsp3) is 0.167. The monoisotopic (exact) mass is 372 g/mol. The minimum atomic E-state index is -0.638. The van der Waals surface area contributed by atoms with Gasteiger partial charge in [-0.25, -0.2) is 4.79 Å². The van der Waals surface area contributed by atoms with Crippen molar-refractivity contribution in [3.63, 3.8) is 0 Å². The zero-order chi connectivity index (χ0) is 20.0. The van der Waals surface area contributed by atoms with E-state index in [1.54, 1.807) is 19.1 Å². The largest absolute Gasteiger partial charge is 0.483 e. The van der Waals surface area contributed by atoms with Gasteiger partial charge in [-0.3, -0.25) is 19.7 Å². The Hall–Kier alpha value is -3.75. The smallest absolute Gasteiger partial charge is 0.337 e. The number of non-ortho nitro benzene ring substituents is 1. The second-order valence-electron chi connectivity index (χ2n) is 5.46. The molecule has 0 radical (unpaired) electrons. The molecule has 1 N–H and O–H groups in total. The molecule has 2 rings (SSSR count). The third-order valence-corrected chi connectivity index (χ3v) is 3.62. The molecule has 0 aliphatic heterocycles. The number of anilines is 1. The average Bonchev–Trinajstić information content (AvgIpc) is 2.67. The molecular formula is C18H16N2O7. The quantitative estimate of drug-likeness (QED) is 0.343. The molecule has 0 unspecified atom stereocenters. The number of carbonyl (C=O) groups excluding carboxylic acids is 3. The number of esters is 1. The molecule has 0 saturated heterocycles. The van der Waals surface area contributed by atoms with Crippen molar-refractivity contribution < 1.29 is 28.8 Å². The second-order valence-corrected chi connectivity index (χ2v) is 5.46. The third kappa shape index (κ3) is 4.88. The first-order valence-electron chi connectivity index (χ1n) is 7.71. The lowest BCUT2D eigenvalue weighted by Gasteiger charge is -2.11. The standard InChI is InChI=1S/C18H16N2O7/c1-11-3-4-12(18(23)26-2)8-15(11)19-17(22)10-27-16-6-5-14(20(24)25)7-13(16)9-21/h3-9H,10H2,1-2H3,(H,19,22). The lowest BCUT2D eigenvalue weighted by molar-refractivity contribution is -0.384. The summed E-state index contributed by atoms with van der Waals surface area (Å²) >= 11 is 0. The van der Waals surface area contributed by atoms with Gasteiger partial charge in [0.05, 0.1) is 23.2 Å². The van der Waals surface area contributed by atoms with Gasteiger partial charge in [-0.1, -0.05) is 6.07 Å². The molecule has 0 bridgehead atoms. The van der Waals surface area contributed by atoms with Crippen molar-refractivity contribution in [3.8, 4) is 5.75 Å². The highest BCUT2D eigenvalue weighted by Crippen LogP contribution is 2.23. The van der Waals surface area contributed by atoms with Gasteiger partial charge in [-0.15, -0.1) is 0 Å². The van der Waals surface area contributed by atoms with Crippen molar-refractivity contribution in [2.24, 2.45) is 0 Å². The van der Waals surface area contributed by atoms with Gasteiger partial charge in [-0.2, -0.15) is 0 Å². The number of nitro benzene ring substituents is 1. The Labute approximate surface area is 154 Å². The van der Waals surface area contributed by atoms with Gasteiger partial charge in [0.15, 0.2) is 12.9 Å². The van der Waals surface area contributed by atoms with Gasteiger partial charge in [0.2, 0.25) is 0 Å². The molecule has 0 saturated carbocycles. The minimum absolute atomic E-state index is 0.0409. The lowest BCUT2D eigenvalue weighted by Crippen LogP contribution is -2.21. The Morgan fingerprint density at radius 3 is 2.59 bits per heavy atom. The first-order valence-corrected chi connectivity index (χ1v) is 7.71. The number of nitrogens with zero attached hydrogens (tertiary/aromatic N) is 1. The van der Waals surface area contributed by atoms with Crippen molar-refractivity contribution in [1.82, 2.24) is 0 Å². The number of benzene rings is 2. The van der Waals surface area contributed by atoms with Crippen LogP contribution in [0.25, 0.3) is 0 Å². The normalized spacial score (nSPS) is 10.0. The predicted octanol–water partition coefficient (Wildman–Crippen LogP) is 2.52. The Kier molecular flexibility index (Phi) is 6.21. The number of aldehydes is 1. The van der Waals surface area contributed by atoms with Gasteiger partial charge in [0, 0.05) is 17.8 Å². The summed E-state index contributed by atoms with van der Waals surface area (Å²) in [6.07, 6.45) is 0.407. The molecule has 0 aliphatic rings. The van der Waals surface area contributed by atoms with E-state index >= 15 is 0 Å². The van der Waals surface area contributed by atoms with Gasteiger partial charge < -0.3 is 14.8 Å². The number of rotatable bonds is 7. The fourth-order valence-corrected chi connectivity index (χ4v) is 2.20. The highest BCUT2D eigenvalue weighted by molar-refractivity contribution is 5.96. The maximum absolute atomic E-state index is 12.1. The summed E-state index contributed by atoms with van der Waals surface area (Å²) in [5, 5.41) is 13.3. The van der Waals surface area contributed by atoms with Crippen molar-refractivity contribution in [2.75, 3.05) is 19.0 Å². The third-order valence-electron chi connectivity index (χ3n) is 3.62. The van der Waals surface area contributed by atoms with E-state index in [-0.39, 0.29) is 22.6 Å². The van der Waals surface area contributed by atoms with E-state index in [4.69, 9.17) is 4.74 Å². The van der Waals surface area contributed by atoms with Crippen LogP contribution < -0.4 is 10.1 Å². The van der Waals surface area contributed by atoms with Crippen LogP contribution in [0.1, 0.15) is 26.3 Å². The molecule has 140 valence electrons. The van der Waals surface area contributed by atoms with Crippen LogP contribution in [0.2, 0.25) is 0 Å². The molecule has 27 heavy (non-hydrogen) atoms. The second kappa shape index (κ2) is 8.56. The van der Waals surface area contributed by atoms with Crippen LogP contribution in [0.15, 0.2) is 36.4 Å². The van der Waals surface area contributed by atoms with Gasteiger partial charge in [0.25, 0.3) is 11.6 Å². The Bertz CT molecular complexity index is 909. The van der Waals surface area contributed by atoms with E-state index in [1.165, 1.54) is 25.3 Å². The number of hydrogen-bond donors (Lipinski definition) is 1. The van der Waals surface area contributed by atoms with E-state index in [2.05, 4.69) is 10.1 Å². The molecule has 0 aromatic heterocycles. The Balaban J connectivity index is 2.08. The Morgan fingerprint density at radius 2 is 1.96 bits per heavy atom. The van der Waals surface area contributed by atoms with Crippen LogP contribution in [0.3, 0.4) is 0 Å². The topological polar surface area (TPSA) is 125 Å². The molecule has 9 nitrogen and oxygen atoms in total. The molecule has 2 aromatic carbocycles. The zero-order valence-electron chi connectivity index (χ0n) is 14.6. The van der Waals surface area contributed by atoms with Crippen LogP contribution in [-0.2, 0) is 9.53 Å². The van der Waals surface area contributed by atoms with Crippen LogP contribution in [0.4, 0.5) is 11.4 Å². The molecule has 0 spiro atoms. The summed E-state index contributed by atoms with van der Waals surface area (Å²) in [6.45, 7) is 1.32. The van der Waals surface area contributed by atoms with Gasteiger partial charge in [0.1, 0.15) is 5.75 Å². The highest BCUT2D eigenvalue weighted by atomic mass is 16.6. The van der Waals surface area contributed by atoms with E-state index < -0.39 is 23.4 Å². The van der Waals surface area contributed by atoms with Crippen LogP contribution in [0, 0.1) is 17.0 Å². The number of nitro groups is 1. The lowest BCUT2D eigenvalue weighted by atomic mass is 10.1. The van der Waals surface area contributed by atoms with Crippen molar-refractivity contribution in [1.29, 1.82) is 0 Å². The fourth-order valence-electron chi connectivity index (χ4n) is 2.20. The summed E-state index contributed by atoms with van der Waals surface area (Å²) in [5.74, 6) is -1.02. The maximum atomic E-state index is 12.1. The molecule has 1 amide bonds. The first kappa shape index (κ1) is 19.6. The maximum Gasteiger partial charge on any atom is 0.337 e. The molecular weight excluding hydrogens is 356 g/mol. The molecule has 0 fully saturated rings. The molecule has 2 aromatic rings. The van der Waals surface area contributed by atoms with E-state index in [9.17, 15) is 24.5 Å². The van der Waals surface area contributed by atoms with Crippen molar-refractivity contribution in [2.45, 2.75) is 6.92 Å². The van der Waals surface area contributed by atoms with Crippen LogP contribution in [-0.4, -0.2) is 36.8 Å². The number of nitrogens with one attached hydrogen (secondary N) is 1. The summed E-state index contributed by atoms with van der Waals surface area (Å²) in [4.78, 5) is 44.9. The number of hydrogen-bond acceptors (Lipinski definition) is 7. The summed E-state index contributed by atoms with van der Waals surface area (Å²) in [6, 6.07) is 8.18. The SMILES string of the molecule is COC(=O)c1ccc(C)c(NC(=O)COc2ccc([N+](=O)[O-])cc2C=O)c1. The van der Waals surface area contributed by atoms with Gasteiger partial charge >= 0.3 is 5.97 Å². The Morgan fingerprint density at radius 1 is 1.22 bits per heavy atom. The predicted molar refractivity (Wildman–Crippen MR) is 95.1 cm³/mol. The number of ether oxygens (including phenoxy) is 2. The molecule has 9 heteroatoms. The number of aryl methyl sites for hydroxylation is 1. The number of carbonyl (C=O) groups is 3. The highest BCUT2D eigenvalue weighted by Gasteiger charge is 2.14. The van der Waals surface area contributed by atoms with Crippen molar-refractivity contribution in [3.05, 3.63) is 63.2 Å². The summed E-state index contributed by atoms with van der Waals surface area (Å²) < 4.78 is 9.91. The molecule has 0 aliphatic carbocycles. The summed E-state index contributed by atoms with van der Waals surface area (Å²) in [5.41, 5.74) is 1.11. The minimum Gasteiger partial charge on any atom is -0.483 e.